The van der Waals surface area contributed by atoms with Gasteiger partial charge < -0.3 is 14.7 Å². The quantitative estimate of drug-likeness (QED) is 0.546. The molecule has 0 atom stereocenters. The first-order valence-corrected chi connectivity index (χ1v) is 10.4. The normalized spacial score (nSPS) is 13.3. The molecule has 150 valence electrons. The van der Waals surface area contributed by atoms with Gasteiger partial charge in [0.2, 0.25) is 0 Å². The van der Waals surface area contributed by atoms with Crippen LogP contribution in [0.15, 0.2) is 47.3 Å². The van der Waals surface area contributed by atoms with Crippen molar-refractivity contribution in [2.45, 2.75) is 13.0 Å². The molecule has 7 nitrogen and oxygen atoms in total. The highest BCUT2D eigenvalue weighted by atomic mass is 32.1. The summed E-state index contributed by atoms with van der Waals surface area (Å²) in [5.74, 6) is 0.882. The van der Waals surface area contributed by atoms with E-state index in [9.17, 15) is 9.90 Å². The predicted molar refractivity (Wildman–Crippen MR) is 114 cm³/mol. The number of carbonyl (C=O) groups excluding carboxylic acids is 1. The smallest absolute Gasteiger partial charge is 0.273 e. The summed E-state index contributed by atoms with van der Waals surface area (Å²) >= 11 is 1.46. The van der Waals surface area contributed by atoms with Crippen LogP contribution in [-0.2, 0) is 13.0 Å². The van der Waals surface area contributed by atoms with Crippen molar-refractivity contribution in [1.29, 1.82) is 0 Å². The fraction of sp³-hybridized carbons (Fsp3) is 0.182. The molecule has 0 aliphatic carbocycles. The van der Waals surface area contributed by atoms with E-state index in [0.29, 0.717) is 53.4 Å². The third-order valence-electron chi connectivity index (χ3n) is 5.31. The standard InChI is InChI=1S/C22H18N4O3S/c1-29-18-7-6-13-10-26(9-8-14(13)20(18)27)22(28)19-15-4-2-3-5-16(15)24-21(25-19)17-11-30-12-23-17/h2-7,11-12,27H,8-10H2,1H3. The van der Waals surface area contributed by atoms with Crippen LogP contribution in [0.25, 0.3) is 22.4 Å². The van der Waals surface area contributed by atoms with Crippen LogP contribution in [0.1, 0.15) is 21.6 Å². The Morgan fingerprint density at radius 2 is 2.07 bits per heavy atom. The molecule has 4 aromatic rings. The third-order valence-corrected chi connectivity index (χ3v) is 5.90. The molecule has 8 heteroatoms. The summed E-state index contributed by atoms with van der Waals surface area (Å²) in [5.41, 5.74) is 5.18. The molecule has 2 aromatic carbocycles. The van der Waals surface area contributed by atoms with Crippen molar-refractivity contribution in [3.8, 4) is 23.0 Å². The van der Waals surface area contributed by atoms with Gasteiger partial charge in [0.25, 0.3) is 5.91 Å². The third kappa shape index (κ3) is 3.05. The van der Waals surface area contributed by atoms with E-state index >= 15 is 0 Å². The van der Waals surface area contributed by atoms with Gasteiger partial charge in [0, 0.05) is 29.4 Å². The van der Waals surface area contributed by atoms with Gasteiger partial charge in [-0.05, 0) is 24.1 Å². The van der Waals surface area contributed by atoms with E-state index in [1.807, 2.05) is 35.7 Å². The number of carbonyl (C=O) groups is 1. The van der Waals surface area contributed by atoms with Crippen LogP contribution < -0.4 is 4.74 Å². The summed E-state index contributed by atoms with van der Waals surface area (Å²) in [6.45, 7) is 0.882. The maximum Gasteiger partial charge on any atom is 0.273 e. The van der Waals surface area contributed by atoms with Crippen molar-refractivity contribution in [3.05, 3.63) is 64.1 Å². The van der Waals surface area contributed by atoms with Crippen molar-refractivity contribution in [2.75, 3.05) is 13.7 Å². The largest absolute Gasteiger partial charge is 0.504 e. The molecule has 30 heavy (non-hydrogen) atoms. The number of hydrogen-bond donors (Lipinski definition) is 1. The molecular weight excluding hydrogens is 400 g/mol. The van der Waals surface area contributed by atoms with Gasteiger partial charge in [-0.25, -0.2) is 15.0 Å². The number of rotatable bonds is 3. The first-order chi connectivity index (χ1) is 14.7. The van der Waals surface area contributed by atoms with Crippen molar-refractivity contribution in [1.82, 2.24) is 19.9 Å². The Balaban J connectivity index is 1.54. The van der Waals surface area contributed by atoms with Gasteiger partial charge in [0.05, 0.1) is 18.1 Å². The summed E-state index contributed by atoms with van der Waals surface area (Å²) < 4.78 is 5.20. The minimum atomic E-state index is -0.161. The Kier molecular flexibility index (Phi) is 4.55. The summed E-state index contributed by atoms with van der Waals surface area (Å²) in [7, 11) is 1.53. The van der Waals surface area contributed by atoms with Crippen LogP contribution in [0, 0.1) is 0 Å². The van der Waals surface area contributed by atoms with Crippen LogP contribution in [0.4, 0.5) is 0 Å². The number of fused-ring (bicyclic) bond motifs is 2. The number of phenolic OH excluding ortho intramolecular Hbond substituents is 1. The number of phenols is 1. The zero-order chi connectivity index (χ0) is 20.7. The maximum atomic E-state index is 13.5. The van der Waals surface area contributed by atoms with Gasteiger partial charge in [0.15, 0.2) is 17.3 Å². The van der Waals surface area contributed by atoms with Gasteiger partial charge >= 0.3 is 0 Å². The average molecular weight is 418 g/mol. The number of hydrogen-bond acceptors (Lipinski definition) is 7. The fourth-order valence-electron chi connectivity index (χ4n) is 3.78. The van der Waals surface area contributed by atoms with Gasteiger partial charge in [-0.3, -0.25) is 4.79 Å². The summed E-state index contributed by atoms with van der Waals surface area (Å²) in [6, 6.07) is 11.1. The summed E-state index contributed by atoms with van der Waals surface area (Å²) in [6.07, 6.45) is 0.548. The number of ether oxygens (including phenoxy) is 1. The van der Waals surface area contributed by atoms with Gasteiger partial charge in [-0.15, -0.1) is 11.3 Å². The van der Waals surface area contributed by atoms with E-state index in [1.54, 1.807) is 16.5 Å². The number of benzene rings is 2. The average Bonchev–Trinajstić information content (AvgIpc) is 3.33. The maximum absolute atomic E-state index is 13.5. The van der Waals surface area contributed by atoms with Crippen LogP contribution in [0.2, 0.25) is 0 Å². The van der Waals surface area contributed by atoms with Crippen molar-refractivity contribution < 1.29 is 14.6 Å². The molecule has 1 aliphatic rings. The van der Waals surface area contributed by atoms with Gasteiger partial charge in [0.1, 0.15) is 11.4 Å². The number of thiazole rings is 1. The highest BCUT2D eigenvalue weighted by molar-refractivity contribution is 7.07. The molecule has 0 spiro atoms. The molecule has 1 N–H and O–H groups in total. The SMILES string of the molecule is COc1ccc2c(c1O)CCN(C(=O)c1nc(-c3cscn3)nc3ccccc13)C2. The lowest BCUT2D eigenvalue weighted by molar-refractivity contribution is 0.0730. The Morgan fingerprint density at radius 3 is 2.87 bits per heavy atom. The van der Waals surface area contributed by atoms with Gasteiger partial charge in [-0.1, -0.05) is 24.3 Å². The number of amides is 1. The minimum Gasteiger partial charge on any atom is -0.504 e. The number of para-hydroxylation sites is 1. The lowest BCUT2D eigenvalue weighted by atomic mass is 9.97. The molecule has 0 saturated carbocycles. The molecule has 0 unspecified atom stereocenters. The molecular formula is C22H18N4O3S. The lowest BCUT2D eigenvalue weighted by Crippen LogP contribution is -2.36. The molecule has 2 aromatic heterocycles. The van der Waals surface area contributed by atoms with E-state index in [0.717, 1.165) is 11.1 Å². The predicted octanol–water partition coefficient (Wildman–Crippen LogP) is 3.67. The van der Waals surface area contributed by atoms with Crippen LogP contribution in [0.3, 0.4) is 0 Å². The monoisotopic (exact) mass is 418 g/mol. The lowest BCUT2D eigenvalue weighted by Gasteiger charge is -2.29. The molecule has 5 rings (SSSR count). The van der Waals surface area contributed by atoms with E-state index < -0.39 is 0 Å². The Labute approximate surface area is 176 Å². The van der Waals surface area contributed by atoms with Crippen molar-refractivity contribution in [2.24, 2.45) is 0 Å². The van der Waals surface area contributed by atoms with E-state index in [4.69, 9.17) is 4.74 Å². The van der Waals surface area contributed by atoms with E-state index in [-0.39, 0.29) is 11.7 Å². The van der Waals surface area contributed by atoms with E-state index in [1.165, 1.54) is 18.4 Å². The fourth-order valence-corrected chi connectivity index (χ4v) is 4.31. The molecule has 1 amide bonds. The van der Waals surface area contributed by atoms with E-state index in [2.05, 4.69) is 15.0 Å². The van der Waals surface area contributed by atoms with Crippen molar-refractivity contribution >= 4 is 28.1 Å². The Hall–Kier alpha value is -3.52. The number of aromatic hydroxyl groups is 1. The van der Waals surface area contributed by atoms with Gasteiger partial charge in [-0.2, -0.15) is 0 Å². The molecule has 1 aliphatic heterocycles. The topological polar surface area (TPSA) is 88.4 Å². The molecule has 0 fully saturated rings. The zero-order valence-electron chi connectivity index (χ0n) is 16.2. The first kappa shape index (κ1) is 18.5. The zero-order valence-corrected chi connectivity index (χ0v) is 17.0. The van der Waals surface area contributed by atoms with Crippen LogP contribution >= 0.6 is 11.3 Å². The summed E-state index contributed by atoms with van der Waals surface area (Å²) in [4.78, 5) is 28.7. The summed E-state index contributed by atoms with van der Waals surface area (Å²) in [5, 5.41) is 13.0. The number of methoxy groups -OCH3 is 1. The second-order valence-electron chi connectivity index (χ2n) is 7.02. The first-order valence-electron chi connectivity index (χ1n) is 9.48. The highest BCUT2D eigenvalue weighted by Gasteiger charge is 2.27. The second-order valence-corrected chi connectivity index (χ2v) is 7.74. The Bertz CT molecular complexity index is 1260. The van der Waals surface area contributed by atoms with Crippen LogP contribution in [0.5, 0.6) is 11.5 Å². The van der Waals surface area contributed by atoms with Crippen LogP contribution in [-0.4, -0.2) is 44.5 Å². The highest BCUT2D eigenvalue weighted by Crippen LogP contribution is 2.36. The number of aromatic nitrogens is 3. The number of nitrogens with zero attached hydrogens (tertiary/aromatic N) is 4. The van der Waals surface area contributed by atoms with Crippen molar-refractivity contribution in [3.63, 3.8) is 0 Å². The Morgan fingerprint density at radius 1 is 1.20 bits per heavy atom. The second kappa shape index (κ2) is 7.38. The minimum absolute atomic E-state index is 0.153. The molecule has 0 bridgehead atoms. The molecule has 0 radical (unpaired) electrons. The molecule has 0 saturated heterocycles. The molecule has 3 heterocycles.